The number of hydrogen-bond acceptors (Lipinski definition) is 4. The van der Waals surface area contributed by atoms with Crippen molar-refractivity contribution >= 4 is 15.9 Å². The summed E-state index contributed by atoms with van der Waals surface area (Å²) in [5.41, 5.74) is 7.28. The SMILES string of the molecule is COc1c(Br)cc2c(c1C1(N)CCCCC1)OCCO2. The predicted octanol–water partition coefficient (Wildman–Crippen LogP) is 3.35. The molecule has 1 fully saturated rings. The summed E-state index contributed by atoms with van der Waals surface area (Å²) in [5.74, 6) is 2.30. The fourth-order valence-corrected chi connectivity index (χ4v) is 3.79. The first-order valence-corrected chi connectivity index (χ1v) is 7.90. The third-order valence-electron chi connectivity index (χ3n) is 4.19. The highest BCUT2D eigenvalue weighted by atomic mass is 79.9. The second-order valence-corrected chi connectivity index (χ2v) is 6.36. The third-order valence-corrected chi connectivity index (χ3v) is 4.78. The zero-order valence-corrected chi connectivity index (χ0v) is 13.3. The van der Waals surface area contributed by atoms with Crippen molar-refractivity contribution in [1.29, 1.82) is 0 Å². The average molecular weight is 342 g/mol. The van der Waals surface area contributed by atoms with Gasteiger partial charge in [-0.15, -0.1) is 0 Å². The Kier molecular flexibility index (Phi) is 3.82. The van der Waals surface area contributed by atoms with Crippen LogP contribution in [0.1, 0.15) is 37.7 Å². The third kappa shape index (κ3) is 2.27. The molecule has 0 aromatic heterocycles. The predicted molar refractivity (Wildman–Crippen MR) is 80.6 cm³/mol. The molecule has 2 aliphatic rings. The first kappa shape index (κ1) is 14.0. The standard InChI is InChI=1S/C15H20BrNO3/c1-18-13-10(16)9-11-14(20-8-7-19-11)12(13)15(17)5-3-2-4-6-15/h9H,2-8,17H2,1H3. The molecule has 20 heavy (non-hydrogen) atoms. The molecule has 1 saturated carbocycles. The number of rotatable bonds is 2. The Morgan fingerprint density at radius 2 is 1.90 bits per heavy atom. The highest BCUT2D eigenvalue weighted by Crippen LogP contribution is 2.51. The molecule has 4 nitrogen and oxygen atoms in total. The molecule has 0 amide bonds. The van der Waals surface area contributed by atoms with Gasteiger partial charge in [0.25, 0.3) is 0 Å². The van der Waals surface area contributed by atoms with Crippen LogP contribution in [0, 0.1) is 0 Å². The lowest BCUT2D eigenvalue weighted by atomic mass is 9.76. The molecule has 1 aliphatic heterocycles. The number of nitrogens with two attached hydrogens (primary N) is 1. The molecule has 3 rings (SSSR count). The Labute approximate surface area is 127 Å². The van der Waals surface area contributed by atoms with E-state index in [0.29, 0.717) is 13.2 Å². The second-order valence-electron chi connectivity index (χ2n) is 5.51. The van der Waals surface area contributed by atoms with E-state index in [1.54, 1.807) is 7.11 Å². The highest BCUT2D eigenvalue weighted by molar-refractivity contribution is 9.10. The van der Waals surface area contributed by atoms with Crippen LogP contribution >= 0.6 is 15.9 Å². The smallest absolute Gasteiger partial charge is 0.170 e. The number of hydrogen-bond donors (Lipinski definition) is 1. The summed E-state index contributed by atoms with van der Waals surface area (Å²) in [6.45, 7) is 1.13. The molecule has 0 atom stereocenters. The molecule has 0 saturated heterocycles. The quantitative estimate of drug-likeness (QED) is 0.896. The lowest BCUT2D eigenvalue weighted by Gasteiger charge is -2.37. The molecule has 0 radical (unpaired) electrons. The van der Waals surface area contributed by atoms with E-state index >= 15 is 0 Å². The maximum absolute atomic E-state index is 6.71. The van der Waals surface area contributed by atoms with Crippen LogP contribution in [-0.2, 0) is 5.54 Å². The van der Waals surface area contributed by atoms with Gasteiger partial charge in [0.2, 0.25) is 0 Å². The molecule has 2 N–H and O–H groups in total. The summed E-state index contributed by atoms with van der Waals surface area (Å²) in [6, 6.07) is 1.91. The molecule has 1 heterocycles. The van der Waals surface area contributed by atoms with Crippen LogP contribution in [0.15, 0.2) is 10.5 Å². The van der Waals surface area contributed by atoms with Crippen LogP contribution in [-0.4, -0.2) is 20.3 Å². The van der Waals surface area contributed by atoms with Crippen LogP contribution in [0.2, 0.25) is 0 Å². The van der Waals surface area contributed by atoms with Gasteiger partial charge in [-0.2, -0.15) is 0 Å². The van der Waals surface area contributed by atoms with E-state index in [1.807, 2.05) is 6.07 Å². The fourth-order valence-electron chi connectivity index (χ4n) is 3.22. The minimum Gasteiger partial charge on any atom is -0.495 e. The zero-order chi connectivity index (χ0) is 14.2. The zero-order valence-electron chi connectivity index (χ0n) is 11.7. The lowest BCUT2D eigenvalue weighted by molar-refractivity contribution is 0.162. The van der Waals surface area contributed by atoms with Gasteiger partial charge in [-0.05, 0) is 28.8 Å². The maximum Gasteiger partial charge on any atom is 0.170 e. The molecule has 110 valence electrons. The average Bonchev–Trinajstić information content (AvgIpc) is 2.46. The van der Waals surface area contributed by atoms with Crippen molar-refractivity contribution in [3.05, 3.63) is 16.1 Å². The van der Waals surface area contributed by atoms with E-state index < -0.39 is 5.54 Å². The molecule has 0 unspecified atom stereocenters. The number of halogens is 1. The summed E-state index contributed by atoms with van der Waals surface area (Å²) < 4.78 is 18.0. The van der Waals surface area contributed by atoms with Gasteiger partial charge in [-0.3, -0.25) is 0 Å². The summed E-state index contributed by atoms with van der Waals surface area (Å²) in [6.07, 6.45) is 5.43. The maximum atomic E-state index is 6.71. The van der Waals surface area contributed by atoms with Crippen LogP contribution in [0.4, 0.5) is 0 Å². The topological polar surface area (TPSA) is 53.7 Å². The molecule has 1 aromatic rings. The van der Waals surface area contributed by atoms with Gasteiger partial charge in [0.05, 0.1) is 17.1 Å². The van der Waals surface area contributed by atoms with Gasteiger partial charge < -0.3 is 19.9 Å². The van der Waals surface area contributed by atoms with E-state index in [1.165, 1.54) is 6.42 Å². The Morgan fingerprint density at radius 1 is 1.20 bits per heavy atom. The van der Waals surface area contributed by atoms with Crippen LogP contribution < -0.4 is 19.9 Å². The van der Waals surface area contributed by atoms with Gasteiger partial charge in [0, 0.05) is 11.6 Å². The molecule has 0 bridgehead atoms. The minimum absolute atomic E-state index is 0.391. The summed E-state index contributed by atoms with van der Waals surface area (Å²) in [4.78, 5) is 0. The number of benzene rings is 1. The normalized spacial score (nSPS) is 20.6. The fraction of sp³-hybridized carbons (Fsp3) is 0.600. The number of fused-ring (bicyclic) bond motifs is 1. The Bertz CT molecular complexity index is 512. The van der Waals surface area contributed by atoms with Crippen LogP contribution in [0.5, 0.6) is 17.2 Å². The largest absolute Gasteiger partial charge is 0.495 e. The highest BCUT2D eigenvalue weighted by Gasteiger charge is 2.38. The molecular weight excluding hydrogens is 322 g/mol. The summed E-state index contributed by atoms with van der Waals surface area (Å²) in [7, 11) is 1.67. The second kappa shape index (κ2) is 5.45. The van der Waals surface area contributed by atoms with E-state index in [4.69, 9.17) is 19.9 Å². The van der Waals surface area contributed by atoms with Crippen molar-refractivity contribution in [2.75, 3.05) is 20.3 Å². The molecular formula is C15H20BrNO3. The van der Waals surface area contributed by atoms with Crippen molar-refractivity contribution in [2.24, 2.45) is 5.73 Å². The van der Waals surface area contributed by atoms with Crippen molar-refractivity contribution in [2.45, 2.75) is 37.6 Å². The van der Waals surface area contributed by atoms with Gasteiger partial charge in [0.15, 0.2) is 11.5 Å². The van der Waals surface area contributed by atoms with Crippen molar-refractivity contribution in [3.8, 4) is 17.2 Å². The van der Waals surface area contributed by atoms with Crippen molar-refractivity contribution < 1.29 is 14.2 Å². The molecule has 1 aliphatic carbocycles. The lowest BCUT2D eigenvalue weighted by Crippen LogP contribution is -2.40. The van der Waals surface area contributed by atoms with E-state index in [0.717, 1.165) is 53.0 Å². The molecule has 1 aromatic carbocycles. The van der Waals surface area contributed by atoms with Crippen LogP contribution in [0.25, 0.3) is 0 Å². The minimum atomic E-state index is -0.391. The molecule has 5 heteroatoms. The van der Waals surface area contributed by atoms with E-state index in [9.17, 15) is 0 Å². The number of ether oxygens (including phenoxy) is 3. The van der Waals surface area contributed by atoms with Crippen LogP contribution in [0.3, 0.4) is 0 Å². The van der Waals surface area contributed by atoms with E-state index in [2.05, 4.69) is 15.9 Å². The van der Waals surface area contributed by atoms with Gasteiger partial charge >= 0.3 is 0 Å². The van der Waals surface area contributed by atoms with Gasteiger partial charge in [0.1, 0.15) is 19.0 Å². The van der Waals surface area contributed by atoms with Crippen molar-refractivity contribution in [1.82, 2.24) is 0 Å². The van der Waals surface area contributed by atoms with Gasteiger partial charge in [-0.1, -0.05) is 19.3 Å². The Morgan fingerprint density at radius 3 is 2.60 bits per heavy atom. The molecule has 0 spiro atoms. The number of methoxy groups -OCH3 is 1. The monoisotopic (exact) mass is 341 g/mol. The first-order chi connectivity index (χ1) is 9.65. The van der Waals surface area contributed by atoms with E-state index in [-0.39, 0.29) is 0 Å². The summed E-state index contributed by atoms with van der Waals surface area (Å²) >= 11 is 3.56. The Hall–Kier alpha value is -0.940. The van der Waals surface area contributed by atoms with Crippen molar-refractivity contribution in [3.63, 3.8) is 0 Å². The van der Waals surface area contributed by atoms with Gasteiger partial charge in [-0.25, -0.2) is 0 Å². The Balaban J connectivity index is 2.18. The summed E-state index contributed by atoms with van der Waals surface area (Å²) in [5, 5.41) is 0. The first-order valence-electron chi connectivity index (χ1n) is 7.11.